The van der Waals surface area contributed by atoms with Gasteiger partial charge in [0.25, 0.3) is 10.0 Å². The van der Waals surface area contributed by atoms with Crippen molar-refractivity contribution in [3.8, 4) is 0 Å². The molecule has 0 saturated carbocycles. The predicted molar refractivity (Wildman–Crippen MR) is 116 cm³/mol. The number of carbonyl (C=O) groups is 1. The van der Waals surface area contributed by atoms with Crippen molar-refractivity contribution in [2.45, 2.75) is 11.1 Å². The zero-order valence-electron chi connectivity index (χ0n) is 16.1. The van der Waals surface area contributed by atoms with Gasteiger partial charge in [0.1, 0.15) is 5.69 Å². The molecule has 0 bridgehead atoms. The molecule has 1 aromatic carbocycles. The van der Waals surface area contributed by atoms with Gasteiger partial charge in [-0.1, -0.05) is 23.2 Å². The third-order valence-corrected chi connectivity index (χ3v) is 6.49. The molecule has 0 radical (unpaired) electrons. The highest BCUT2D eigenvalue weighted by Gasteiger charge is 2.35. The summed E-state index contributed by atoms with van der Waals surface area (Å²) in [7, 11) is -4.58. The topological polar surface area (TPSA) is 105 Å². The van der Waals surface area contributed by atoms with E-state index in [0.29, 0.717) is 17.0 Å². The average molecular weight is 515 g/mol. The highest BCUT2D eigenvalue weighted by atomic mass is 35.5. The van der Waals surface area contributed by atoms with Gasteiger partial charge >= 0.3 is 6.18 Å². The van der Waals surface area contributed by atoms with E-state index in [1.807, 2.05) is 0 Å². The number of alkyl halides is 3. The van der Waals surface area contributed by atoms with Crippen LogP contribution in [0.3, 0.4) is 0 Å². The fourth-order valence-corrected chi connectivity index (χ4v) is 4.54. The number of aromatic nitrogens is 3. The number of hydrogen-bond donors (Lipinski definition) is 2. The highest BCUT2D eigenvalue weighted by molar-refractivity contribution is 7.92. The summed E-state index contributed by atoms with van der Waals surface area (Å²) in [5.41, 5.74) is -1.25. The molecule has 0 fully saturated rings. The fourth-order valence-electron chi connectivity index (χ4n) is 3.08. The van der Waals surface area contributed by atoms with Crippen LogP contribution in [0.25, 0.3) is 10.9 Å². The third kappa shape index (κ3) is 4.52. The Morgan fingerprint density at radius 1 is 1.06 bits per heavy atom. The van der Waals surface area contributed by atoms with Crippen LogP contribution >= 0.6 is 23.2 Å². The van der Waals surface area contributed by atoms with Crippen LogP contribution < -0.4 is 4.72 Å². The summed E-state index contributed by atoms with van der Waals surface area (Å²) < 4.78 is 67.4. The molecule has 0 amide bonds. The van der Waals surface area contributed by atoms with Gasteiger partial charge in [-0.2, -0.15) is 13.2 Å². The minimum Gasteiger partial charge on any atom is -0.360 e. The van der Waals surface area contributed by atoms with Crippen molar-refractivity contribution in [1.82, 2.24) is 15.0 Å². The maximum absolute atomic E-state index is 13.2. The maximum atomic E-state index is 13.2. The monoisotopic (exact) mass is 514 g/mol. The van der Waals surface area contributed by atoms with Gasteiger partial charge in [-0.15, -0.1) is 0 Å². The van der Waals surface area contributed by atoms with Crippen LogP contribution in [0, 0.1) is 0 Å². The number of rotatable bonds is 5. The summed E-state index contributed by atoms with van der Waals surface area (Å²) in [5.74, 6) is -0.672. The number of anilines is 1. The molecule has 0 spiro atoms. The molecule has 3 heterocycles. The SMILES string of the molecule is O=C(c1ncc(Cl)cc1NS(=O)(=O)c1ccc(Cl)c(C(F)(F)F)c1)c1cncc2[nH]ccc12. The van der Waals surface area contributed by atoms with Crippen molar-refractivity contribution < 1.29 is 26.4 Å². The highest BCUT2D eigenvalue weighted by Crippen LogP contribution is 2.36. The summed E-state index contributed by atoms with van der Waals surface area (Å²) in [6.07, 6.45) is 0.664. The summed E-state index contributed by atoms with van der Waals surface area (Å²) in [6, 6.07) is 4.89. The van der Waals surface area contributed by atoms with Gasteiger partial charge in [-0.25, -0.2) is 13.4 Å². The molecular weight excluding hydrogens is 504 g/mol. The number of carbonyl (C=O) groups excluding carboxylic acids is 1. The van der Waals surface area contributed by atoms with Crippen LogP contribution in [0.15, 0.2) is 60.0 Å². The predicted octanol–water partition coefficient (Wildman–Crippen LogP) is 5.32. The van der Waals surface area contributed by atoms with Gasteiger partial charge in [-0.3, -0.25) is 14.5 Å². The van der Waals surface area contributed by atoms with Crippen LogP contribution in [0.4, 0.5) is 18.9 Å². The van der Waals surface area contributed by atoms with Gasteiger partial charge in [0.2, 0.25) is 5.78 Å². The van der Waals surface area contributed by atoms with Crippen molar-refractivity contribution in [3.63, 3.8) is 0 Å². The van der Waals surface area contributed by atoms with Gasteiger partial charge in [0, 0.05) is 24.0 Å². The lowest BCUT2D eigenvalue weighted by Crippen LogP contribution is -2.18. The van der Waals surface area contributed by atoms with Crippen LogP contribution in [0.2, 0.25) is 10.0 Å². The average Bonchev–Trinajstić information content (AvgIpc) is 3.21. The quantitative estimate of drug-likeness (QED) is 0.351. The summed E-state index contributed by atoms with van der Waals surface area (Å²) in [5, 5.41) is -0.142. The molecule has 0 atom stereocenters. The van der Waals surface area contributed by atoms with E-state index in [-0.39, 0.29) is 22.0 Å². The summed E-state index contributed by atoms with van der Waals surface area (Å²) in [6.45, 7) is 0. The molecule has 0 unspecified atom stereocenters. The van der Waals surface area contributed by atoms with E-state index in [2.05, 4.69) is 19.7 Å². The molecule has 0 saturated heterocycles. The van der Waals surface area contributed by atoms with Gasteiger partial charge in [0.05, 0.1) is 43.5 Å². The second kappa shape index (κ2) is 8.32. The van der Waals surface area contributed by atoms with E-state index >= 15 is 0 Å². The number of halogens is 5. The van der Waals surface area contributed by atoms with Crippen molar-refractivity contribution in [2.75, 3.05) is 4.72 Å². The van der Waals surface area contributed by atoms with Crippen molar-refractivity contribution >= 4 is 55.6 Å². The molecular formula is C20H11Cl2F3N4O3S. The van der Waals surface area contributed by atoms with Crippen molar-refractivity contribution in [1.29, 1.82) is 0 Å². The zero-order valence-corrected chi connectivity index (χ0v) is 18.4. The second-order valence-corrected chi connectivity index (χ2v) is 9.28. The third-order valence-electron chi connectivity index (χ3n) is 4.59. The van der Waals surface area contributed by atoms with E-state index < -0.39 is 37.5 Å². The van der Waals surface area contributed by atoms with E-state index in [1.54, 1.807) is 12.3 Å². The molecule has 0 aliphatic heterocycles. The van der Waals surface area contributed by atoms with Gasteiger partial charge in [-0.05, 0) is 30.3 Å². The number of benzene rings is 1. The standard InChI is InChI=1S/C20H11Cl2F3N4O3S/c21-10-5-16(29-33(31,32)11-1-2-15(22)14(6-11)20(23,24)25)18(28-7-10)19(30)13-8-26-9-17-12(13)3-4-27-17/h1-9,27,29H. The Kier molecular flexibility index (Phi) is 5.81. The summed E-state index contributed by atoms with van der Waals surface area (Å²) >= 11 is 11.5. The molecule has 4 rings (SSSR count). The first-order valence-corrected chi connectivity index (χ1v) is 11.2. The van der Waals surface area contributed by atoms with E-state index in [4.69, 9.17) is 23.2 Å². The minimum absolute atomic E-state index is 0.00526. The van der Waals surface area contributed by atoms with Crippen LogP contribution in [-0.4, -0.2) is 29.2 Å². The number of H-pyrrole nitrogens is 1. The Hall–Kier alpha value is -3.15. The lowest BCUT2D eigenvalue weighted by atomic mass is 10.1. The van der Waals surface area contributed by atoms with Crippen LogP contribution in [0.1, 0.15) is 21.6 Å². The minimum atomic E-state index is -4.87. The second-order valence-electron chi connectivity index (χ2n) is 6.75. The molecule has 7 nitrogen and oxygen atoms in total. The molecule has 3 aromatic heterocycles. The van der Waals surface area contributed by atoms with Gasteiger partial charge in [0.15, 0.2) is 0 Å². The number of fused-ring (bicyclic) bond motifs is 1. The number of sulfonamides is 1. The van der Waals surface area contributed by atoms with Crippen LogP contribution in [-0.2, 0) is 16.2 Å². The Morgan fingerprint density at radius 2 is 1.82 bits per heavy atom. The van der Waals surface area contributed by atoms with E-state index in [1.165, 1.54) is 12.4 Å². The molecule has 0 aliphatic rings. The van der Waals surface area contributed by atoms with Crippen LogP contribution in [0.5, 0.6) is 0 Å². The Bertz CT molecular complexity index is 1500. The summed E-state index contributed by atoms with van der Waals surface area (Å²) in [4.78, 5) is 23.3. The van der Waals surface area contributed by atoms with E-state index in [9.17, 15) is 26.4 Å². The lowest BCUT2D eigenvalue weighted by Gasteiger charge is -2.14. The first kappa shape index (κ1) is 23.0. The molecule has 4 aromatic rings. The maximum Gasteiger partial charge on any atom is 0.417 e. The lowest BCUT2D eigenvalue weighted by molar-refractivity contribution is -0.137. The van der Waals surface area contributed by atoms with Crippen molar-refractivity contribution in [3.05, 3.63) is 82.0 Å². The first-order chi connectivity index (χ1) is 15.5. The van der Waals surface area contributed by atoms with Gasteiger partial charge < -0.3 is 4.98 Å². The number of nitrogens with zero attached hydrogens (tertiary/aromatic N) is 2. The molecule has 0 aliphatic carbocycles. The Labute approximate surface area is 194 Å². The Morgan fingerprint density at radius 3 is 2.55 bits per heavy atom. The molecule has 2 N–H and O–H groups in total. The van der Waals surface area contributed by atoms with E-state index in [0.717, 1.165) is 24.4 Å². The molecule has 170 valence electrons. The number of nitrogens with one attached hydrogen (secondary N) is 2. The number of aromatic amines is 1. The number of pyridine rings is 2. The Balaban J connectivity index is 1.78. The molecule has 33 heavy (non-hydrogen) atoms. The smallest absolute Gasteiger partial charge is 0.360 e. The zero-order chi connectivity index (χ0) is 24.0. The normalized spacial score (nSPS) is 12.2. The number of ketones is 1. The molecule has 13 heteroatoms. The van der Waals surface area contributed by atoms with Crippen molar-refractivity contribution in [2.24, 2.45) is 0 Å². The number of hydrogen-bond acceptors (Lipinski definition) is 5. The fraction of sp³-hybridized carbons (Fsp3) is 0.0500. The first-order valence-electron chi connectivity index (χ1n) is 8.98. The largest absolute Gasteiger partial charge is 0.417 e.